The molecule has 0 fully saturated rings. The van der Waals surface area contributed by atoms with Gasteiger partial charge in [0.1, 0.15) is 11.4 Å². The van der Waals surface area contributed by atoms with E-state index in [-0.39, 0.29) is 17.5 Å². The maximum Gasteiger partial charge on any atom is 0.339 e. The number of aromatic carboxylic acids is 1. The molecule has 8 heteroatoms. The molecule has 0 unspecified atom stereocenters. The summed E-state index contributed by atoms with van der Waals surface area (Å²) in [6, 6.07) is 3.09. The lowest BCUT2D eigenvalue weighted by Gasteiger charge is -2.17. The summed E-state index contributed by atoms with van der Waals surface area (Å²) in [5.74, 6) is -1.12. The van der Waals surface area contributed by atoms with Crippen molar-refractivity contribution in [2.45, 2.75) is 27.2 Å². The Labute approximate surface area is 133 Å². The standard InChI is InChI=1S/C15H20N4O4/c1-15(2,3)7-10-13(16-8-11(20)18-23)19-6-4-5-9(14(21)22)12(19)17-10/h4-6,16,23H,7-8H2,1-3H3,(H,18,20)(H,21,22). The largest absolute Gasteiger partial charge is 0.478 e. The summed E-state index contributed by atoms with van der Waals surface area (Å²) >= 11 is 0. The number of imidazole rings is 1. The lowest BCUT2D eigenvalue weighted by Crippen LogP contribution is -2.27. The molecule has 0 bridgehead atoms. The number of carboxylic acid groups (broad SMARTS) is 1. The van der Waals surface area contributed by atoms with E-state index in [1.165, 1.54) is 6.07 Å². The molecule has 2 rings (SSSR count). The van der Waals surface area contributed by atoms with Gasteiger partial charge >= 0.3 is 5.97 Å². The normalized spacial score (nSPS) is 11.5. The minimum absolute atomic E-state index is 0.0724. The number of carbonyl (C=O) groups excluding carboxylic acids is 1. The summed E-state index contributed by atoms with van der Waals surface area (Å²) in [4.78, 5) is 27.1. The van der Waals surface area contributed by atoms with Crippen LogP contribution in [0.3, 0.4) is 0 Å². The predicted molar refractivity (Wildman–Crippen MR) is 83.7 cm³/mol. The van der Waals surface area contributed by atoms with Gasteiger partial charge in [-0.15, -0.1) is 0 Å². The maximum absolute atomic E-state index is 11.4. The summed E-state index contributed by atoms with van der Waals surface area (Å²) in [6.07, 6.45) is 2.27. The van der Waals surface area contributed by atoms with Crippen LogP contribution in [0.2, 0.25) is 0 Å². The van der Waals surface area contributed by atoms with Gasteiger partial charge in [0.2, 0.25) is 0 Å². The van der Waals surface area contributed by atoms with Crippen LogP contribution in [-0.4, -0.2) is 38.1 Å². The molecule has 2 aromatic rings. The Balaban J connectivity index is 2.54. The van der Waals surface area contributed by atoms with Crippen molar-refractivity contribution in [3.8, 4) is 0 Å². The van der Waals surface area contributed by atoms with Crippen molar-refractivity contribution in [3.05, 3.63) is 29.6 Å². The first-order valence-electron chi connectivity index (χ1n) is 7.13. The van der Waals surface area contributed by atoms with Crippen LogP contribution in [0.25, 0.3) is 5.65 Å². The van der Waals surface area contributed by atoms with E-state index >= 15 is 0 Å². The third-order valence-electron chi connectivity index (χ3n) is 3.19. The third kappa shape index (κ3) is 3.78. The molecule has 0 aliphatic rings. The zero-order chi connectivity index (χ0) is 17.2. The fourth-order valence-corrected chi connectivity index (χ4v) is 2.30. The van der Waals surface area contributed by atoms with Crippen molar-refractivity contribution in [2.75, 3.05) is 11.9 Å². The van der Waals surface area contributed by atoms with Gasteiger partial charge in [-0.25, -0.2) is 15.3 Å². The topological polar surface area (TPSA) is 116 Å². The van der Waals surface area contributed by atoms with Gasteiger partial charge in [-0.2, -0.15) is 0 Å². The fraction of sp³-hybridized carbons (Fsp3) is 0.400. The van der Waals surface area contributed by atoms with Gasteiger partial charge in [-0.1, -0.05) is 20.8 Å². The van der Waals surface area contributed by atoms with E-state index in [0.717, 1.165) is 0 Å². The molecule has 0 saturated heterocycles. The molecule has 2 heterocycles. The minimum atomic E-state index is -1.07. The second kappa shape index (κ2) is 6.25. The predicted octanol–water partition coefficient (Wildman–Crippen LogP) is 1.54. The Kier molecular flexibility index (Phi) is 4.55. The number of carboxylic acids is 1. The van der Waals surface area contributed by atoms with E-state index in [0.29, 0.717) is 23.6 Å². The molecular weight excluding hydrogens is 300 g/mol. The smallest absolute Gasteiger partial charge is 0.339 e. The zero-order valence-electron chi connectivity index (χ0n) is 13.3. The van der Waals surface area contributed by atoms with E-state index in [9.17, 15) is 14.7 Å². The minimum Gasteiger partial charge on any atom is -0.478 e. The number of hydroxylamine groups is 1. The number of pyridine rings is 1. The summed E-state index contributed by atoms with van der Waals surface area (Å²) in [6.45, 7) is 5.97. The highest BCUT2D eigenvalue weighted by molar-refractivity contribution is 5.95. The number of amides is 1. The van der Waals surface area contributed by atoms with Crippen LogP contribution in [-0.2, 0) is 11.2 Å². The quantitative estimate of drug-likeness (QED) is 0.490. The second-order valence-corrected chi connectivity index (χ2v) is 6.45. The van der Waals surface area contributed by atoms with Crippen LogP contribution in [0.5, 0.6) is 0 Å². The molecule has 0 spiro atoms. The van der Waals surface area contributed by atoms with Gasteiger partial charge in [-0.05, 0) is 24.0 Å². The lowest BCUT2D eigenvalue weighted by molar-refractivity contribution is -0.127. The summed E-state index contributed by atoms with van der Waals surface area (Å²) in [5, 5.41) is 20.8. The number of carbonyl (C=O) groups is 2. The first kappa shape index (κ1) is 16.8. The van der Waals surface area contributed by atoms with Gasteiger partial charge in [0.15, 0.2) is 5.65 Å². The van der Waals surface area contributed by atoms with Crippen molar-refractivity contribution >= 4 is 23.3 Å². The first-order chi connectivity index (χ1) is 10.7. The molecule has 4 N–H and O–H groups in total. The highest BCUT2D eigenvalue weighted by atomic mass is 16.5. The van der Waals surface area contributed by atoms with E-state index in [1.54, 1.807) is 22.1 Å². The number of hydrogen-bond acceptors (Lipinski definition) is 5. The van der Waals surface area contributed by atoms with Gasteiger partial charge in [0, 0.05) is 6.20 Å². The molecule has 0 aromatic carbocycles. The lowest BCUT2D eigenvalue weighted by atomic mass is 9.90. The summed E-state index contributed by atoms with van der Waals surface area (Å²) < 4.78 is 1.61. The fourth-order valence-electron chi connectivity index (χ4n) is 2.30. The van der Waals surface area contributed by atoms with E-state index in [2.05, 4.69) is 10.3 Å². The molecule has 0 saturated carbocycles. The Morgan fingerprint density at radius 3 is 2.61 bits per heavy atom. The molecule has 23 heavy (non-hydrogen) atoms. The average Bonchev–Trinajstić information content (AvgIpc) is 2.79. The second-order valence-electron chi connectivity index (χ2n) is 6.45. The molecule has 0 radical (unpaired) electrons. The number of nitrogens with zero attached hydrogens (tertiary/aromatic N) is 2. The van der Waals surface area contributed by atoms with Gasteiger partial charge in [0.25, 0.3) is 5.91 Å². The van der Waals surface area contributed by atoms with Crippen molar-refractivity contribution in [1.82, 2.24) is 14.9 Å². The number of hydrogen-bond donors (Lipinski definition) is 4. The molecular formula is C15H20N4O4. The summed E-state index contributed by atoms with van der Waals surface area (Å²) in [7, 11) is 0. The van der Waals surface area contributed by atoms with Gasteiger partial charge < -0.3 is 10.4 Å². The molecule has 2 aromatic heterocycles. The van der Waals surface area contributed by atoms with Crippen LogP contribution in [0.15, 0.2) is 18.3 Å². The van der Waals surface area contributed by atoms with Crippen molar-refractivity contribution in [1.29, 1.82) is 0 Å². The number of nitrogens with one attached hydrogen (secondary N) is 2. The van der Waals surface area contributed by atoms with Crippen LogP contribution in [0, 0.1) is 5.41 Å². The maximum atomic E-state index is 11.4. The van der Waals surface area contributed by atoms with Crippen LogP contribution in [0.1, 0.15) is 36.8 Å². The van der Waals surface area contributed by atoms with Crippen LogP contribution < -0.4 is 10.8 Å². The van der Waals surface area contributed by atoms with Crippen LogP contribution in [0.4, 0.5) is 5.82 Å². The molecule has 1 amide bonds. The monoisotopic (exact) mass is 320 g/mol. The summed E-state index contributed by atoms with van der Waals surface area (Å²) in [5.41, 5.74) is 2.54. The Bertz CT molecular complexity index is 746. The Morgan fingerprint density at radius 2 is 2.04 bits per heavy atom. The number of aromatic nitrogens is 2. The SMILES string of the molecule is CC(C)(C)Cc1nc2c(C(=O)O)cccn2c1NCC(=O)NO. The molecule has 0 atom stereocenters. The van der Waals surface area contributed by atoms with Gasteiger partial charge in [-0.3, -0.25) is 14.4 Å². The highest BCUT2D eigenvalue weighted by Gasteiger charge is 2.22. The van der Waals surface area contributed by atoms with E-state index < -0.39 is 11.9 Å². The zero-order valence-corrected chi connectivity index (χ0v) is 13.3. The number of fused-ring (bicyclic) bond motifs is 1. The first-order valence-corrected chi connectivity index (χ1v) is 7.13. The molecule has 8 nitrogen and oxygen atoms in total. The van der Waals surface area contributed by atoms with Gasteiger partial charge in [0.05, 0.1) is 12.2 Å². The van der Waals surface area contributed by atoms with Crippen molar-refractivity contribution in [2.24, 2.45) is 5.41 Å². The van der Waals surface area contributed by atoms with E-state index in [1.807, 2.05) is 20.8 Å². The van der Waals surface area contributed by atoms with E-state index in [4.69, 9.17) is 5.21 Å². The number of rotatable bonds is 5. The highest BCUT2D eigenvalue weighted by Crippen LogP contribution is 2.27. The number of anilines is 1. The third-order valence-corrected chi connectivity index (χ3v) is 3.19. The molecule has 124 valence electrons. The van der Waals surface area contributed by atoms with Crippen molar-refractivity contribution < 1.29 is 19.9 Å². The van der Waals surface area contributed by atoms with Crippen molar-refractivity contribution in [3.63, 3.8) is 0 Å². The van der Waals surface area contributed by atoms with Crippen LogP contribution >= 0.6 is 0 Å². The molecule has 0 aliphatic carbocycles. The Hall–Kier alpha value is -2.61. The molecule has 0 aliphatic heterocycles. The Morgan fingerprint density at radius 1 is 1.35 bits per heavy atom. The average molecular weight is 320 g/mol.